The predicted octanol–water partition coefficient (Wildman–Crippen LogP) is 3.62. The van der Waals surface area contributed by atoms with Crippen LogP contribution in [0.5, 0.6) is 5.75 Å². The van der Waals surface area contributed by atoms with E-state index in [1.165, 1.54) is 0 Å². The average Bonchev–Trinajstić information content (AvgIpc) is 2.39. The van der Waals surface area contributed by atoms with E-state index in [1.807, 2.05) is 25.1 Å². The Morgan fingerprint density at radius 2 is 2.10 bits per heavy atom. The van der Waals surface area contributed by atoms with E-state index < -0.39 is 0 Å². The van der Waals surface area contributed by atoms with Crippen LogP contribution in [0.4, 0.5) is 0 Å². The van der Waals surface area contributed by atoms with Crippen LogP contribution in [0.2, 0.25) is 0 Å². The van der Waals surface area contributed by atoms with Crippen LogP contribution in [-0.4, -0.2) is 11.0 Å². The third kappa shape index (κ3) is 4.05. The molecule has 1 aromatic heterocycles. The van der Waals surface area contributed by atoms with Crippen molar-refractivity contribution in [2.45, 2.75) is 32.9 Å². The summed E-state index contributed by atoms with van der Waals surface area (Å²) >= 11 is 3.37. The number of hydrogen-bond acceptors (Lipinski definition) is 3. The van der Waals surface area contributed by atoms with Crippen molar-refractivity contribution in [2.75, 3.05) is 0 Å². The van der Waals surface area contributed by atoms with Gasteiger partial charge in [-0.15, -0.1) is 0 Å². The van der Waals surface area contributed by atoms with E-state index in [2.05, 4.69) is 40.0 Å². The van der Waals surface area contributed by atoms with Gasteiger partial charge in [-0.2, -0.15) is 0 Å². The molecule has 0 aliphatic heterocycles. The molecule has 0 amide bonds. The van der Waals surface area contributed by atoms with Crippen molar-refractivity contribution in [3.05, 3.63) is 57.8 Å². The van der Waals surface area contributed by atoms with E-state index in [4.69, 9.17) is 10.5 Å². The van der Waals surface area contributed by atoms with Crippen LogP contribution in [0.1, 0.15) is 23.7 Å². The predicted molar refractivity (Wildman–Crippen MR) is 84.8 cm³/mol. The van der Waals surface area contributed by atoms with E-state index >= 15 is 0 Å². The number of nitrogens with zero attached hydrogens (tertiary/aromatic N) is 1. The Kier molecular flexibility index (Phi) is 5.15. The summed E-state index contributed by atoms with van der Waals surface area (Å²) in [5, 5.41) is 0. The van der Waals surface area contributed by atoms with Crippen LogP contribution >= 0.6 is 15.9 Å². The standard InChI is InChI=1S/C16H19BrN2O/c1-11-4-3-5-13(8-12(2)18)16(11)20-10-15-7-6-14(17)9-19-15/h3-7,9,12H,8,10,18H2,1-2H3. The fraction of sp³-hybridized carbons (Fsp3) is 0.312. The van der Waals surface area contributed by atoms with Crippen molar-refractivity contribution in [3.8, 4) is 5.75 Å². The Hall–Kier alpha value is -1.39. The van der Waals surface area contributed by atoms with Gasteiger partial charge in [0.25, 0.3) is 0 Å². The van der Waals surface area contributed by atoms with Crippen LogP contribution in [0.15, 0.2) is 41.0 Å². The number of hydrogen-bond donors (Lipinski definition) is 1. The average molecular weight is 335 g/mol. The highest BCUT2D eigenvalue weighted by molar-refractivity contribution is 9.10. The molecule has 4 heteroatoms. The van der Waals surface area contributed by atoms with Crippen molar-refractivity contribution >= 4 is 15.9 Å². The summed E-state index contributed by atoms with van der Waals surface area (Å²) in [6.07, 6.45) is 2.59. The number of para-hydroxylation sites is 1. The third-order valence-corrected chi connectivity index (χ3v) is 3.46. The van der Waals surface area contributed by atoms with Gasteiger partial charge in [0.1, 0.15) is 12.4 Å². The Morgan fingerprint density at radius 3 is 2.75 bits per heavy atom. The van der Waals surface area contributed by atoms with Gasteiger partial charge in [0, 0.05) is 16.7 Å². The molecule has 0 saturated heterocycles. The van der Waals surface area contributed by atoms with Crippen molar-refractivity contribution in [2.24, 2.45) is 5.73 Å². The molecule has 106 valence electrons. The SMILES string of the molecule is Cc1cccc(CC(C)N)c1OCc1ccc(Br)cn1. The Morgan fingerprint density at radius 1 is 1.30 bits per heavy atom. The highest BCUT2D eigenvalue weighted by Crippen LogP contribution is 2.25. The van der Waals surface area contributed by atoms with Crippen molar-refractivity contribution in [3.63, 3.8) is 0 Å². The number of aryl methyl sites for hydroxylation is 1. The molecule has 0 spiro atoms. The van der Waals surface area contributed by atoms with E-state index in [-0.39, 0.29) is 6.04 Å². The van der Waals surface area contributed by atoms with Gasteiger partial charge in [-0.05, 0) is 59.5 Å². The Balaban J connectivity index is 2.13. The van der Waals surface area contributed by atoms with Crippen LogP contribution in [0.25, 0.3) is 0 Å². The second-order valence-corrected chi connectivity index (χ2v) is 5.92. The second-order valence-electron chi connectivity index (χ2n) is 5.00. The topological polar surface area (TPSA) is 48.1 Å². The van der Waals surface area contributed by atoms with E-state index in [0.29, 0.717) is 6.61 Å². The molecule has 0 fully saturated rings. The Bertz CT molecular complexity index is 567. The summed E-state index contributed by atoms with van der Waals surface area (Å²) in [4.78, 5) is 4.32. The summed E-state index contributed by atoms with van der Waals surface area (Å²) in [5.41, 5.74) is 9.08. The number of ether oxygens (including phenoxy) is 1. The van der Waals surface area contributed by atoms with E-state index in [1.54, 1.807) is 6.20 Å². The van der Waals surface area contributed by atoms with Gasteiger partial charge in [-0.1, -0.05) is 18.2 Å². The van der Waals surface area contributed by atoms with Crippen LogP contribution in [0, 0.1) is 6.92 Å². The molecule has 0 radical (unpaired) electrons. The van der Waals surface area contributed by atoms with E-state index in [9.17, 15) is 0 Å². The normalized spacial score (nSPS) is 12.2. The first kappa shape index (κ1) is 15.0. The Labute approximate surface area is 128 Å². The van der Waals surface area contributed by atoms with Gasteiger partial charge in [0.2, 0.25) is 0 Å². The van der Waals surface area contributed by atoms with Gasteiger partial charge in [-0.3, -0.25) is 4.98 Å². The lowest BCUT2D eigenvalue weighted by Crippen LogP contribution is -2.18. The number of rotatable bonds is 5. The molecule has 0 aliphatic carbocycles. The molecule has 2 aromatic rings. The quantitative estimate of drug-likeness (QED) is 0.908. The molecule has 1 atom stereocenters. The minimum Gasteiger partial charge on any atom is -0.487 e. The van der Waals surface area contributed by atoms with Crippen LogP contribution in [-0.2, 0) is 13.0 Å². The summed E-state index contributed by atoms with van der Waals surface area (Å²) < 4.78 is 6.93. The molecule has 1 heterocycles. The third-order valence-electron chi connectivity index (χ3n) is 2.99. The smallest absolute Gasteiger partial charge is 0.130 e. The molecule has 20 heavy (non-hydrogen) atoms. The van der Waals surface area contributed by atoms with Gasteiger partial charge in [0.05, 0.1) is 5.69 Å². The van der Waals surface area contributed by atoms with Gasteiger partial charge >= 0.3 is 0 Å². The zero-order chi connectivity index (χ0) is 14.5. The maximum Gasteiger partial charge on any atom is 0.130 e. The lowest BCUT2D eigenvalue weighted by molar-refractivity contribution is 0.295. The molecular weight excluding hydrogens is 316 g/mol. The number of halogens is 1. The molecule has 3 nitrogen and oxygen atoms in total. The fourth-order valence-corrected chi connectivity index (χ4v) is 2.30. The summed E-state index contributed by atoms with van der Waals surface area (Å²) in [5.74, 6) is 0.925. The van der Waals surface area contributed by atoms with Crippen LogP contribution in [0.3, 0.4) is 0 Å². The second kappa shape index (κ2) is 6.86. The maximum absolute atomic E-state index is 5.96. The molecule has 1 unspecified atom stereocenters. The largest absolute Gasteiger partial charge is 0.487 e. The first-order valence-corrected chi connectivity index (χ1v) is 7.43. The highest BCUT2D eigenvalue weighted by Gasteiger charge is 2.09. The first-order chi connectivity index (χ1) is 9.56. The number of nitrogens with two attached hydrogens (primary N) is 1. The highest BCUT2D eigenvalue weighted by atomic mass is 79.9. The molecule has 1 aromatic carbocycles. The van der Waals surface area contributed by atoms with Gasteiger partial charge in [-0.25, -0.2) is 0 Å². The van der Waals surface area contributed by atoms with Crippen molar-refractivity contribution in [1.82, 2.24) is 4.98 Å². The molecule has 0 aliphatic rings. The van der Waals surface area contributed by atoms with Crippen LogP contribution < -0.4 is 10.5 Å². The minimum absolute atomic E-state index is 0.116. The fourth-order valence-electron chi connectivity index (χ4n) is 2.07. The van der Waals surface area contributed by atoms with E-state index in [0.717, 1.165) is 33.5 Å². The number of aromatic nitrogens is 1. The first-order valence-electron chi connectivity index (χ1n) is 6.63. The summed E-state index contributed by atoms with van der Waals surface area (Å²) in [6, 6.07) is 10.2. The molecule has 2 rings (SSSR count). The molecular formula is C16H19BrN2O. The lowest BCUT2D eigenvalue weighted by atomic mass is 10.0. The van der Waals surface area contributed by atoms with Gasteiger partial charge in [0.15, 0.2) is 0 Å². The molecule has 0 bridgehead atoms. The van der Waals surface area contributed by atoms with Crippen molar-refractivity contribution in [1.29, 1.82) is 0 Å². The minimum atomic E-state index is 0.116. The molecule has 0 saturated carbocycles. The summed E-state index contributed by atoms with van der Waals surface area (Å²) in [6.45, 7) is 4.52. The lowest BCUT2D eigenvalue weighted by Gasteiger charge is -2.15. The monoisotopic (exact) mass is 334 g/mol. The zero-order valence-corrected chi connectivity index (χ0v) is 13.4. The van der Waals surface area contributed by atoms with Gasteiger partial charge < -0.3 is 10.5 Å². The summed E-state index contributed by atoms with van der Waals surface area (Å²) in [7, 11) is 0. The zero-order valence-electron chi connectivity index (χ0n) is 11.8. The number of benzene rings is 1. The maximum atomic E-state index is 5.96. The van der Waals surface area contributed by atoms with Crippen molar-refractivity contribution < 1.29 is 4.74 Å². The number of pyridine rings is 1. The molecule has 2 N–H and O–H groups in total.